The maximum atomic E-state index is 12.9. The molecule has 1 atom stereocenters. The lowest BCUT2D eigenvalue weighted by Gasteiger charge is -2.22. The number of carbonyl (C=O) groups excluding carboxylic acids is 3. The summed E-state index contributed by atoms with van der Waals surface area (Å²) in [5.74, 6) is -0.113. The highest BCUT2D eigenvalue weighted by Gasteiger charge is 2.24. The molecule has 1 heterocycles. The topological polar surface area (TPSA) is 89.4 Å². The van der Waals surface area contributed by atoms with Crippen molar-refractivity contribution in [3.05, 3.63) is 64.7 Å². The fourth-order valence-corrected chi connectivity index (χ4v) is 3.42. The van der Waals surface area contributed by atoms with E-state index < -0.39 is 23.6 Å². The molecule has 0 aliphatic carbocycles. The second-order valence-corrected chi connectivity index (χ2v) is 8.90. The molecule has 0 spiro atoms. The van der Waals surface area contributed by atoms with Gasteiger partial charge in [-0.2, -0.15) is 0 Å². The van der Waals surface area contributed by atoms with Crippen molar-refractivity contribution in [3.63, 3.8) is 0 Å². The third-order valence-corrected chi connectivity index (χ3v) is 5.00. The van der Waals surface area contributed by atoms with Crippen LogP contribution in [0.4, 0.5) is 10.6 Å². The Morgan fingerprint density at radius 3 is 2.41 bits per heavy atom. The van der Waals surface area contributed by atoms with Gasteiger partial charge in [-0.05, 0) is 51.5 Å². The molecule has 2 N–H and O–H groups in total. The van der Waals surface area contributed by atoms with Crippen LogP contribution in [-0.2, 0) is 16.1 Å². The Bertz CT molecular complexity index is 1150. The molecule has 0 aliphatic rings. The number of fused-ring (bicyclic) bond motifs is 1. The largest absolute Gasteiger partial charge is 0.444 e. The lowest BCUT2D eigenvalue weighted by molar-refractivity contribution is -0.117. The fraction of sp³-hybridized carbons (Fsp3) is 0.292. The van der Waals surface area contributed by atoms with Crippen molar-refractivity contribution in [2.45, 2.75) is 45.9 Å². The number of hydrogen-bond donors (Lipinski definition) is 2. The van der Waals surface area contributed by atoms with Gasteiger partial charge in [-0.3, -0.25) is 9.59 Å². The third kappa shape index (κ3) is 5.48. The number of alkyl carbamates (subject to hydrolysis) is 1. The minimum Gasteiger partial charge on any atom is -0.444 e. The van der Waals surface area contributed by atoms with Crippen LogP contribution in [0.2, 0.25) is 5.02 Å². The Kier molecular flexibility index (Phi) is 6.89. The lowest BCUT2D eigenvalue weighted by atomic mass is 10.2. The summed E-state index contributed by atoms with van der Waals surface area (Å²) in [6.45, 7) is 7.18. The molecule has 1 aromatic heterocycles. The van der Waals surface area contributed by atoms with Crippen LogP contribution in [0.1, 0.15) is 43.6 Å². The number of amides is 2. The van der Waals surface area contributed by atoms with E-state index in [4.69, 9.17) is 16.3 Å². The molecule has 2 aromatic carbocycles. The lowest BCUT2D eigenvalue weighted by Crippen LogP contribution is -2.44. The van der Waals surface area contributed by atoms with Crippen LogP contribution >= 0.6 is 11.6 Å². The Labute approximate surface area is 191 Å². The number of para-hydroxylation sites is 1. The Morgan fingerprint density at radius 1 is 1.12 bits per heavy atom. The Morgan fingerprint density at radius 2 is 1.78 bits per heavy atom. The van der Waals surface area contributed by atoms with E-state index in [1.165, 1.54) is 0 Å². The molecular weight excluding hydrogens is 430 g/mol. The smallest absolute Gasteiger partial charge is 0.408 e. The number of halogens is 1. The highest BCUT2D eigenvalue weighted by Crippen LogP contribution is 2.30. The molecule has 0 saturated heterocycles. The van der Waals surface area contributed by atoms with Gasteiger partial charge in [0.05, 0.1) is 11.1 Å². The summed E-state index contributed by atoms with van der Waals surface area (Å²) in [4.78, 5) is 36.9. The van der Waals surface area contributed by atoms with E-state index in [1.807, 2.05) is 41.0 Å². The molecule has 168 valence electrons. The molecule has 3 aromatic rings. The van der Waals surface area contributed by atoms with Crippen LogP contribution in [0.15, 0.2) is 48.5 Å². The van der Waals surface area contributed by atoms with E-state index in [0.717, 1.165) is 22.8 Å². The Hall–Kier alpha value is -3.32. The molecule has 0 saturated carbocycles. The molecule has 0 aliphatic heterocycles. The predicted molar refractivity (Wildman–Crippen MR) is 125 cm³/mol. The summed E-state index contributed by atoms with van der Waals surface area (Å²) in [6.07, 6.45) is 0.0277. The van der Waals surface area contributed by atoms with Gasteiger partial charge in [0.25, 0.3) is 0 Å². The first kappa shape index (κ1) is 23.3. The summed E-state index contributed by atoms with van der Waals surface area (Å²) in [6, 6.07) is 13.9. The van der Waals surface area contributed by atoms with E-state index in [1.54, 1.807) is 39.8 Å². The van der Waals surface area contributed by atoms with E-state index in [0.29, 0.717) is 22.9 Å². The molecule has 1 unspecified atom stereocenters. The molecule has 32 heavy (non-hydrogen) atoms. The molecule has 7 nitrogen and oxygen atoms in total. The highest BCUT2D eigenvalue weighted by atomic mass is 35.5. The van der Waals surface area contributed by atoms with Crippen molar-refractivity contribution in [1.82, 2.24) is 9.88 Å². The van der Waals surface area contributed by atoms with Gasteiger partial charge >= 0.3 is 6.09 Å². The van der Waals surface area contributed by atoms with Gasteiger partial charge in [0, 0.05) is 17.0 Å². The van der Waals surface area contributed by atoms with E-state index in [9.17, 15) is 14.4 Å². The van der Waals surface area contributed by atoms with Crippen LogP contribution in [0.25, 0.3) is 10.9 Å². The number of hydrogen-bond acceptors (Lipinski definition) is 4. The number of rotatable bonds is 6. The minimum absolute atomic E-state index is 0.360. The molecule has 0 radical (unpaired) electrons. The van der Waals surface area contributed by atoms with Gasteiger partial charge in [-0.15, -0.1) is 0 Å². The number of carbonyl (C=O) groups is 3. The number of aromatic nitrogens is 1. The third-order valence-electron chi connectivity index (χ3n) is 4.75. The van der Waals surface area contributed by atoms with Gasteiger partial charge in [0.1, 0.15) is 17.5 Å². The normalized spacial score (nSPS) is 12.3. The molecular formula is C24H26ClN3O4. The van der Waals surface area contributed by atoms with Gasteiger partial charge in [0.15, 0.2) is 6.29 Å². The molecule has 8 heteroatoms. The number of ether oxygens (including phenoxy) is 1. The van der Waals surface area contributed by atoms with E-state index in [2.05, 4.69) is 10.6 Å². The monoisotopic (exact) mass is 455 g/mol. The number of nitrogens with zero attached hydrogens (tertiary/aromatic N) is 1. The van der Waals surface area contributed by atoms with Crippen molar-refractivity contribution in [1.29, 1.82) is 0 Å². The standard InChI is InChI=1S/C24H26ClN3O4/c1-15(26-23(31)32-24(2,3)4)22(30)27-21-19(14-29)18-7-5-6-8-20(18)28(21)13-16-9-11-17(25)12-10-16/h5-12,14-15H,13H2,1-4H3,(H,26,31)(H,27,30). The average molecular weight is 456 g/mol. The van der Waals surface area contributed by atoms with Gasteiger partial charge in [0.2, 0.25) is 5.91 Å². The second-order valence-electron chi connectivity index (χ2n) is 8.47. The van der Waals surface area contributed by atoms with Crippen molar-refractivity contribution in [2.24, 2.45) is 0 Å². The maximum absolute atomic E-state index is 12.9. The van der Waals surface area contributed by atoms with Gasteiger partial charge in [-0.1, -0.05) is 41.9 Å². The zero-order valence-electron chi connectivity index (χ0n) is 18.4. The van der Waals surface area contributed by atoms with Crippen LogP contribution in [0.3, 0.4) is 0 Å². The summed E-state index contributed by atoms with van der Waals surface area (Å²) >= 11 is 6.00. The zero-order chi connectivity index (χ0) is 23.5. The first-order chi connectivity index (χ1) is 15.1. The van der Waals surface area contributed by atoms with Crippen molar-refractivity contribution < 1.29 is 19.1 Å². The van der Waals surface area contributed by atoms with Crippen LogP contribution < -0.4 is 10.6 Å². The van der Waals surface area contributed by atoms with Gasteiger partial charge < -0.3 is 19.9 Å². The summed E-state index contributed by atoms with van der Waals surface area (Å²) in [5, 5.41) is 6.68. The first-order valence-corrected chi connectivity index (χ1v) is 10.6. The van der Waals surface area contributed by atoms with Crippen molar-refractivity contribution in [3.8, 4) is 0 Å². The molecule has 2 amide bonds. The number of nitrogens with one attached hydrogen (secondary N) is 2. The van der Waals surface area contributed by atoms with Crippen LogP contribution in [-0.4, -0.2) is 34.5 Å². The minimum atomic E-state index is -0.883. The highest BCUT2D eigenvalue weighted by molar-refractivity contribution is 6.30. The Balaban J connectivity index is 1.92. The molecule has 0 bridgehead atoms. The summed E-state index contributed by atoms with van der Waals surface area (Å²) in [5.41, 5.74) is 1.43. The quantitative estimate of drug-likeness (QED) is 0.511. The van der Waals surface area contributed by atoms with Crippen LogP contribution in [0.5, 0.6) is 0 Å². The van der Waals surface area contributed by atoms with E-state index in [-0.39, 0.29) is 0 Å². The zero-order valence-corrected chi connectivity index (χ0v) is 19.2. The van der Waals surface area contributed by atoms with Crippen molar-refractivity contribution >= 4 is 46.6 Å². The predicted octanol–water partition coefficient (Wildman–Crippen LogP) is 5.01. The second kappa shape index (κ2) is 9.44. The number of benzene rings is 2. The SMILES string of the molecule is CC(NC(=O)OC(C)(C)C)C(=O)Nc1c(C=O)c2ccccc2n1Cc1ccc(Cl)cc1. The molecule has 0 fully saturated rings. The summed E-state index contributed by atoms with van der Waals surface area (Å²) in [7, 11) is 0. The maximum Gasteiger partial charge on any atom is 0.408 e. The van der Waals surface area contributed by atoms with Crippen molar-refractivity contribution in [2.75, 3.05) is 5.32 Å². The average Bonchev–Trinajstić information content (AvgIpc) is 3.00. The fourth-order valence-electron chi connectivity index (χ4n) is 3.30. The number of anilines is 1. The number of aldehydes is 1. The first-order valence-electron chi connectivity index (χ1n) is 10.2. The van der Waals surface area contributed by atoms with Crippen LogP contribution in [0, 0.1) is 0 Å². The molecule has 3 rings (SSSR count). The summed E-state index contributed by atoms with van der Waals surface area (Å²) < 4.78 is 7.07. The van der Waals surface area contributed by atoms with Gasteiger partial charge in [-0.25, -0.2) is 4.79 Å². The van der Waals surface area contributed by atoms with E-state index >= 15 is 0 Å².